The summed E-state index contributed by atoms with van der Waals surface area (Å²) >= 11 is 0. The van der Waals surface area contributed by atoms with E-state index in [4.69, 9.17) is 5.73 Å². The van der Waals surface area contributed by atoms with Crippen LogP contribution in [0.1, 0.15) is 39.2 Å². The summed E-state index contributed by atoms with van der Waals surface area (Å²) in [5, 5.41) is 3.52. The van der Waals surface area contributed by atoms with E-state index >= 15 is 0 Å². The van der Waals surface area contributed by atoms with Crippen molar-refractivity contribution in [2.75, 3.05) is 11.1 Å². The Morgan fingerprint density at radius 3 is 2.47 bits per heavy atom. The van der Waals surface area contributed by atoms with E-state index in [9.17, 15) is 0 Å². The first-order valence-electron chi connectivity index (χ1n) is 5.58. The number of benzene rings is 1. The molecule has 0 radical (unpaired) electrons. The van der Waals surface area contributed by atoms with Gasteiger partial charge in [0.1, 0.15) is 0 Å². The number of aryl methyl sites for hydroxylation is 1. The number of hydrogen-bond donors (Lipinski definition) is 2. The average molecular weight is 206 g/mol. The Morgan fingerprint density at radius 1 is 1.27 bits per heavy atom. The van der Waals surface area contributed by atoms with E-state index in [0.29, 0.717) is 0 Å². The molecule has 2 heteroatoms. The van der Waals surface area contributed by atoms with Gasteiger partial charge < -0.3 is 11.1 Å². The van der Waals surface area contributed by atoms with Crippen LogP contribution < -0.4 is 11.1 Å². The Morgan fingerprint density at radius 2 is 1.93 bits per heavy atom. The van der Waals surface area contributed by atoms with Gasteiger partial charge in [0.25, 0.3) is 0 Å². The van der Waals surface area contributed by atoms with E-state index in [2.05, 4.69) is 39.1 Å². The topological polar surface area (TPSA) is 38.0 Å². The molecule has 84 valence electrons. The summed E-state index contributed by atoms with van der Waals surface area (Å²) in [5.41, 5.74) is 9.09. The molecule has 0 aliphatic heterocycles. The third kappa shape index (κ3) is 3.82. The Balaban J connectivity index is 2.80. The summed E-state index contributed by atoms with van der Waals surface area (Å²) in [5.74, 6) is 0. The second-order valence-electron chi connectivity index (χ2n) is 4.89. The summed E-state index contributed by atoms with van der Waals surface area (Å²) in [6.45, 7) is 8.70. The molecule has 0 unspecified atom stereocenters. The number of nitrogens with two attached hydrogens (primary N) is 1. The first-order chi connectivity index (χ1) is 6.93. The molecule has 0 heterocycles. The number of anilines is 2. The van der Waals surface area contributed by atoms with Crippen molar-refractivity contribution in [3.63, 3.8) is 0 Å². The van der Waals surface area contributed by atoms with Crippen LogP contribution in [-0.2, 0) is 0 Å². The molecule has 0 saturated heterocycles. The Bertz CT molecular complexity index is 309. The normalized spacial score (nSPS) is 11.5. The standard InChI is InChI=1S/C13H22N2/c1-5-6-13(3,4)15-12-8-10(2)7-11(14)9-12/h7-9,15H,5-6,14H2,1-4H3. The predicted octanol–water partition coefficient (Wildman–Crippen LogP) is 3.57. The van der Waals surface area contributed by atoms with Gasteiger partial charge in [-0.1, -0.05) is 13.3 Å². The SMILES string of the molecule is CCCC(C)(C)Nc1cc(C)cc(N)c1. The lowest BCUT2D eigenvalue weighted by Crippen LogP contribution is -2.30. The van der Waals surface area contributed by atoms with E-state index in [0.717, 1.165) is 17.8 Å². The zero-order chi connectivity index (χ0) is 11.5. The van der Waals surface area contributed by atoms with E-state index in [-0.39, 0.29) is 5.54 Å². The van der Waals surface area contributed by atoms with Crippen LogP contribution in [0.25, 0.3) is 0 Å². The van der Waals surface area contributed by atoms with Crippen molar-refractivity contribution in [3.05, 3.63) is 23.8 Å². The fraction of sp³-hybridized carbons (Fsp3) is 0.538. The molecule has 0 amide bonds. The highest BCUT2D eigenvalue weighted by Crippen LogP contribution is 2.22. The van der Waals surface area contributed by atoms with Crippen LogP contribution in [0, 0.1) is 6.92 Å². The quantitative estimate of drug-likeness (QED) is 0.739. The van der Waals surface area contributed by atoms with Crippen molar-refractivity contribution in [2.24, 2.45) is 0 Å². The summed E-state index contributed by atoms with van der Waals surface area (Å²) in [7, 11) is 0. The van der Waals surface area contributed by atoms with Gasteiger partial charge in [0.05, 0.1) is 0 Å². The lowest BCUT2D eigenvalue weighted by molar-refractivity contribution is 0.511. The minimum atomic E-state index is 0.134. The second-order valence-corrected chi connectivity index (χ2v) is 4.89. The average Bonchev–Trinajstić information content (AvgIpc) is 1.99. The van der Waals surface area contributed by atoms with Crippen LogP contribution >= 0.6 is 0 Å². The Kier molecular flexibility index (Phi) is 3.61. The zero-order valence-electron chi connectivity index (χ0n) is 10.2. The van der Waals surface area contributed by atoms with Gasteiger partial charge in [0, 0.05) is 16.9 Å². The summed E-state index contributed by atoms with van der Waals surface area (Å²) < 4.78 is 0. The van der Waals surface area contributed by atoms with Crippen molar-refractivity contribution in [1.29, 1.82) is 0 Å². The maximum absolute atomic E-state index is 5.81. The van der Waals surface area contributed by atoms with Crippen LogP contribution in [0.5, 0.6) is 0 Å². The second kappa shape index (κ2) is 4.56. The van der Waals surface area contributed by atoms with E-state index in [1.165, 1.54) is 12.0 Å². The number of nitrogen functional groups attached to an aromatic ring is 1. The fourth-order valence-electron chi connectivity index (χ4n) is 1.96. The molecule has 0 fully saturated rings. The van der Waals surface area contributed by atoms with E-state index < -0.39 is 0 Å². The number of rotatable bonds is 4. The molecule has 0 spiro atoms. The molecular weight excluding hydrogens is 184 g/mol. The molecule has 0 bridgehead atoms. The van der Waals surface area contributed by atoms with Gasteiger partial charge in [-0.2, -0.15) is 0 Å². The molecule has 0 aliphatic carbocycles. The monoisotopic (exact) mass is 206 g/mol. The highest BCUT2D eigenvalue weighted by atomic mass is 15.0. The van der Waals surface area contributed by atoms with Crippen LogP contribution in [0.4, 0.5) is 11.4 Å². The maximum atomic E-state index is 5.81. The fourth-order valence-corrected chi connectivity index (χ4v) is 1.96. The van der Waals surface area contributed by atoms with Gasteiger partial charge in [-0.05, 0) is 51.0 Å². The third-order valence-corrected chi connectivity index (χ3v) is 2.46. The van der Waals surface area contributed by atoms with Crippen molar-refractivity contribution in [1.82, 2.24) is 0 Å². The van der Waals surface area contributed by atoms with E-state index in [1.807, 2.05) is 12.1 Å². The highest BCUT2D eigenvalue weighted by molar-refractivity contribution is 5.57. The minimum absolute atomic E-state index is 0.134. The molecule has 0 aromatic heterocycles. The largest absolute Gasteiger partial charge is 0.399 e. The van der Waals surface area contributed by atoms with E-state index in [1.54, 1.807) is 0 Å². The number of nitrogens with one attached hydrogen (secondary N) is 1. The lowest BCUT2D eigenvalue weighted by Gasteiger charge is -2.27. The van der Waals surface area contributed by atoms with Crippen LogP contribution in [0.15, 0.2) is 18.2 Å². The lowest BCUT2D eigenvalue weighted by atomic mass is 9.98. The molecule has 0 saturated carbocycles. The van der Waals surface area contributed by atoms with Gasteiger partial charge in [-0.3, -0.25) is 0 Å². The van der Waals surface area contributed by atoms with Gasteiger partial charge in [0.15, 0.2) is 0 Å². The van der Waals surface area contributed by atoms with Crippen molar-refractivity contribution >= 4 is 11.4 Å². The van der Waals surface area contributed by atoms with Crippen molar-refractivity contribution in [3.8, 4) is 0 Å². The molecule has 1 rings (SSSR count). The van der Waals surface area contributed by atoms with Gasteiger partial charge >= 0.3 is 0 Å². The molecule has 1 aromatic carbocycles. The first-order valence-corrected chi connectivity index (χ1v) is 5.58. The van der Waals surface area contributed by atoms with Crippen molar-refractivity contribution < 1.29 is 0 Å². The smallest absolute Gasteiger partial charge is 0.0367 e. The minimum Gasteiger partial charge on any atom is -0.399 e. The Hall–Kier alpha value is -1.18. The molecule has 1 aromatic rings. The third-order valence-electron chi connectivity index (χ3n) is 2.46. The molecular formula is C13H22N2. The molecule has 0 aliphatic rings. The maximum Gasteiger partial charge on any atom is 0.0367 e. The highest BCUT2D eigenvalue weighted by Gasteiger charge is 2.15. The van der Waals surface area contributed by atoms with Crippen LogP contribution in [0.3, 0.4) is 0 Å². The number of hydrogen-bond acceptors (Lipinski definition) is 2. The molecule has 15 heavy (non-hydrogen) atoms. The molecule has 3 N–H and O–H groups in total. The van der Waals surface area contributed by atoms with Gasteiger partial charge in [-0.15, -0.1) is 0 Å². The predicted molar refractivity (Wildman–Crippen MR) is 68.2 cm³/mol. The van der Waals surface area contributed by atoms with Crippen molar-refractivity contribution in [2.45, 2.75) is 46.1 Å². The molecule has 2 nitrogen and oxygen atoms in total. The summed E-state index contributed by atoms with van der Waals surface area (Å²) in [6, 6.07) is 6.11. The van der Waals surface area contributed by atoms with Gasteiger partial charge in [-0.25, -0.2) is 0 Å². The molecule has 0 atom stereocenters. The zero-order valence-corrected chi connectivity index (χ0v) is 10.2. The summed E-state index contributed by atoms with van der Waals surface area (Å²) in [6.07, 6.45) is 2.34. The first kappa shape index (κ1) is 11.9. The van der Waals surface area contributed by atoms with Crippen LogP contribution in [-0.4, -0.2) is 5.54 Å². The summed E-state index contributed by atoms with van der Waals surface area (Å²) in [4.78, 5) is 0. The van der Waals surface area contributed by atoms with Gasteiger partial charge in [0.2, 0.25) is 0 Å². The van der Waals surface area contributed by atoms with Crippen LogP contribution in [0.2, 0.25) is 0 Å². The Labute approximate surface area is 92.9 Å².